The Morgan fingerprint density at radius 2 is 1.80 bits per heavy atom. The summed E-state index contributed by atoms with van der Waals surface area (Å²) in [6.45, 7) is 8.55. The number of carbonyl (C=O) groups excluding carboxylic acids is 1. The van der Waals surface area contributed by atoms with E-state index < -0.39 is 10.0 Å². The maximum atomic E-state index is 12.1. The molecule has 0 bridgehead atoms. The lowest BCUT2D eigenvalue weighted by Crippen LogP contribution is -2.51. The first-order valence-electron chi connectivity index (χ1n) is 7.39. The molecule has 1 aliphatic heterocycles. The summed E-state index contributed by atoms with van der Waals surface area (Å²) >= 11 is 0. The minimum absolute atomic E-state index is 0.103. The maximum Gasteiger partial charge on any atom is 0.224 e. The van der Waals surface area contributed by atoms with Gasteiger partial charge in [0.15, 0.2) is 0 Å². The standard InChI is InChI=1S/C13H27N3O3S/c1-4-10-20(18,19)16-8-6-15(7-9-16)13(17)11-12(3)14-5-2/h12,14H,4-11H2,1-3H3. The molecule has 1 amide bonds. The van der Waals surface area contributed by atoms with Gasteiger partial charge in [0, 0.05) is 38.6 Å². The van der Waals surface area contributed by atoms with Crippen molar-refractivity contribution in [2.75, 3.05) is 38.5 Å². The van der Waals surface area contributed by atoms with E-state index in [1.165, 1.54) is 4.31 Å². The number of piperazine rings is 1. The highest BCUT2D eigenvalue weighted by atomic mass is 32.2. The summed E-state index contributed by atoms with van der Waals surface area (Å²) in [7, 11) is -3.13. The SMILES string of the molecule is CCCS(=O)(=O)N1CCN(C(=O)CC(C)NCC)CC1. The lowest BCUT2D eigenvalue weighted by molar-refractivity contribution is -0.132. The summed E-state index contributed by atoms with van der Waals surface area (Å²) in [5, 5.41) is 3.21. The van der Waals surface area contributed by atoms with Gasteiger partial charge in [0.2, 0.25) is 15.9 Å². The van der Waals surface area contributed by atoms with Crippen LogP contribution in [0.2, 0.25) is 0 Å². The summed E-state index contributed by atoms with van der Waals surface area (Å²) in [5.74, 6) is 0.296. The number of carbonyl (C=O) groups is 1. The van der Waals surface area contributed by atoms with Crippen molar-refractivity contribution in [2.45, 2.75) is 39.7 Å². The Labute approximate surface area is 122 Å². The van der Waals surface area contributed by atoms with Crippen molar-refractivity contribution in [3.8, 4) is 0 Å². The molecule has 1 aliphatic rings. The second-order valence-electron chi connectivity index (χ2n) is 5.26. The molecule has 118 valence electrons. The summed E-state index contributed by atoms with van der Waals surface area (Å²) in [5.41, 5.74) is 0. The van der Waals surface area contributed by atoms with Gasteiger partial charge in [0.1, 0.15) is 0 Å². The first-order chi connectivity index (χ1) is 9.40. The summed E-state index contributed by atoms with van der Waals surface area (Å²) in [6, 6.07) is 0.161. The third-order valence-electron chi connectivity index (χ3n) is 3.48. The Balaban J connectivity index is 2.44. The predicted molar refractivity (Wildman–Crippen MR) is 80.0 cm³/mol. The monoisotopic (exact) mass is 305 g/mol. The molecule has 1 unspecified atom stereocenters. The van der Waals surface area contributed by atoms with E-state index in [9.17, 15) is 13.2 Å². The van der Waals surface area contributed by atoms with Crippen molar-refractivity contribution in [2.24, 2.45) is 0 Å². The molecule has 0 spiro atoms. The van der Waals surface area contributed by atoms with Gasteiger partial charge < -0.3 is 10.2 Å². The molecule has 7 heteroatoms. The van der Waals surface area contributed by atoms with E-state index in [0.717, 1.165) is 6.54 Å². The van der Waals surface area contributed by atoms with E-state index in [1.54, 1.807) is 4.90 Å². The lowest BCUT2D eigenvalue weighted by Gasteiger charge is -2.34. The second-order valence-corrected chi connectivity index (χ2v) is 7.35. The van der Waals surface area contributed by atoms with E-state index in [1.807, 2.05) is 20.8 Å². The minimum atomic E-state index is -3.13. The van der Waals surface area contributed by atoms with Crippen molar-refractivity contribution in [1.82, 2.24) is 14.5 Å². The van der Waals surface area contributed by atoms with E-state index in [0.29, 0.717) is 39.0 Å². The van der Waals surface area contributed by atoms with Crippen LogP contribution in [0, 0.1) is 0 Å². The van der Waals surface area contributed by atoms with Gasteiger partial charge in [-0.3, -0.25) is 4.79 Å². The normalized spacial score (nSPS) is 19.1. The average Bonchev–Trinajstić information content (AvgIpc) is 2.39. The van der Waals surface area contributed by atoms with Gasteiger partial charge >= 0.3 is 0 Å². The van der Waals surface area contributed by atoms with E-state index in [-0.39, 0.29) is 17.7 Å². The number of hydrogen-bond acceptors (Lipinski definition) is 4. The summed E-state index contributed by atoms with van der Waals surface area (Å²) in [4.78, 5) is 13.9. The van der Waals surface area contributed by atoms with Crippen molar-refractivity contribution in [3.63, 3.8) is 0 Å². The van der Waals surface area contributed by atoms with Crippen LogP contribution in [0.1, 0.15) is 33.6 Å². The van der Waals surface area contributed by atoms with Crippen LogP contribution in [0.5, 0.6) is 0 Å². The molecule has 1 N–H and O–H groups in total. The Morgan fingerprint density at radius 3 is 2.30 bits per heavy atom. The molecule has 20 heavy (non-hydrogen) atoms. The third kappa shape index (κ3) is 5.03. The summed E-state index contributed by atoms with van der Waals surface area (Å²) < 4.78 is 25.4. The fourth-order valence-electron chi connectivity index (χ4n) is 2.41. The number of hydrogen-bond donors (Lipinski definition) is 1. The maximum absolute atomic E-state index is 12.1. The molecule has 0 aromatic carbocycles. The van der Waals surface area contributed by atoms with E-state index in [2.05, 4.69) is 5.32 Å². The number of nitrogens with zero attached hydrogens (tertiary/aromatic N) is 2. The number of amides is 1. The Morgan fingerprint density at radius 1 is 1.20 bits per heavy atom. The molecule has 0 aromatic rings. The molecule has 1 rings (SSSR count). The molecule has 1 heterocycles. The Hall–Kier alpha value is -0.660. The smallest absolute Gasteiger partial charge is 0.224 e. The highest BCUT2D eigenvalue weighted by molar-refractivity contribution is 7.89. The van der Waals surface area contributed by atoms with Crippen LogP contribution in [0.4, 0.5) is 0 Å². The third-order valence-corrected chi connectivity index (χ3v) is 5.56. The average molecular weight is 305 g/mol. The van der Waals surface area contributed by atoms with E-state index >= 15 is 0 Å². The topological polar surface area (TPSA) is 69.7 Å². The Bertz CT molecular complexity index is 403. The van der Waals surface area contributed by atoms with Crippen LogP contribution < -0.4 is 5.32 Å². The first-order valence-corrected chi connectivity index (χ1v) is 9.00. The van der Waals surface area contributed by atoms with Gasteiger partial charge in [-0.25, -0.2) is 8.42 Å². The van der Waals surface area contributed by atoms with Crippen LogP contribution >= 0.6 is 0 Å². The second kappa shape index (κ2) is 7.95. The zero-order valence-electron chi connectivity index (χ0n) is 12.8. The zero-order valence-corrected chi connectivity index (χ0v) is 13.6. The number of nitrogens with one attached hydrogen (secondary N) is 1. The van der Waals surface area contributed by atoms with Crippen molar-refractivity contribution in [3.05, 3.63) is 0 Å². The molecule has 0 aromatic heterocycles. The molecule has 0 radical (unpaired) electrons. The van der Waals surface area contributed by atoms with E-state index in [4.69, 9.17) is 0 Å². The number of sulfonamides is 1. The van der Waals surface area contributed by atoms with Crippen LogP contribution in [-0.4, -0.2) is 68.0 Å². The molecule has 1 saturated heterocycles. The van der Waals surface area contributed by atoms with Gasteiger partial charge in [-0.2, -0.15) is 4.31 Å². The largest absolute Gasteiger partial charge is 0.340 e. The van der Waals surface area contributed by atoms with Crippen molar-refractivity contribution >= 4 is 15.9 Å². The van der Waals surface area contributed by atoms with Crippen molar-refractivity contribution in [1.29, 1.82) is 0 Å². The van der Waals surface area contributed by atoms with Gasteiger partial charge in [-0.15, -0.1) is 0 Å². The van der Waals surface area contributed by atoms with Gasteiger partial charge in [0.25, 0.3) is 0 Å². The minimum Gasteiger partial charge on any atom is -0.340 e. The van der Waals surface area contributed by atoms with Crippen LogP contribution in [0.25, 0.3) is 0 Å². The molecular weight excluding hydrogens is 278 g/mol. The quantitative estimate of drug-likeness (QED) is 0.732. The molecule has 1 fully saturated rings. The molecule has 0 aliphatic carbocycles. The fraction of sp³-hybridized carbons (Fsp3) is 0.923. The first kappa shape index (κ1) is 17.4. The van der Waals surface area contributed by atoms with Crippen LogP contribution in [0.15, 0.2) is 0 Å². The lowest BCUT2D eigenvalue weighted by atomic mass is 10.2. The molecule has 6 nitrogen and oxygen atoms in total. The van der Waals surface area contributed by atoms with Gasteiger partial charge in [0.05, 0.1) is 5.75 Å². The van der Waals surface area contributed by atoms with Gasteiger partial charge in [-0.1, -0.05) is 13.8 Å². The Kier molecular flexibility index (Phi) is 6.91. The zero-order chi connectivity index (χ0) is 15.2. The predicted octanol–water partition coefficient (Wildman–Crippen LogP) is 0.259. The van der Waals surface area contributed by atoms with Crippen molar-refractivity contribution < 1.29 is 13.2 Å². The number of rotatable bonds is 7. The molecule has 1 atom stereocenters. The van der Waals surface area contributed by atoms with Crippen LogP contribution in [0.3, 0.4) is 0 Å². The molecule has 0 saturated carbocycles. The highest BCUT2D eigenvalue weighted by Gasteiger charge is 2.28. The summed E-state index contributed by atoms with van der Waals surface area (Å²) in [6.07, 6.45) is 1.09. The van der Waals surface area contributed by atoms with Crippen LogP contribution in [-0.2, 0) is 14.8 Å². The fourth-order valence-corrected chi connectivity index (χ4v) is 3.91. The highest BCUT2D eigenvalue weighted by Crippen LogP contribution is 2.10. The molecular formula is C13H27N3O3S. The van der Waals surface area contributed by atoms with Gasteiger partial charge in [-0.05, 0) is 19.9 Å².